The lowest BCUT2D eigenvalue weighted by Gasteiger charge is -2.07. The molecule has 4 nitrogen and oxygen atoms in total. The lowest BCUT2D eigenvalue weighted by atomic mass is 10.2. The third-order valence-electron chi connectivity index (χ3n) is 2.33. The molecule has 1 aromatic heterocycles. The second kappa shape index (κ2) is 5.69. The van der Waals surface area contributed by atoms with Gasteiger partial charge in [0.15, 0.2) is 0 Å². The molecule has 0 spiro atoms. The SMILES string of the molecule is CCOc1ccc(Nc2ccnc(C#N)c2)cc1. The van der Waals surface area contributed by atoms with E-state index in [-0.39, 0.29) is 0 Å². The minimum absolute atomic E-state index is 0.394. The van der Waals surface area contributed by atoms with Gasteiger partial charge in [-0.2, -0.15) is 5.26 Å². The van der Waals surface area contributed by atoms with Crippen molar-refractivity contribution in [3.05, 3.63) is 48.3 Å². The lowest BCUT2D eigenvalue weighted by Crippen LogP contribution is -1.94. The van der Waals surface area contributed by atoms with Crippen LogP contribution in [0.2, 0.25) is 0 Å². The summed E-state index contributed by atoms with van der Waals surface area (Å²) in [6.07, 6.45) is 1.61. The van der Waals surface area contributed by atoms with Crippen molar-refractivity contribution in [2.24, 2.45) is 0 Å². The molecule has 0 aliphatic carbocycles. The van der Waals surface area contributed by atoms with Crippen molar-refractivity contribution in [2.75, 3.05) is 11.9 Å². The number of hydrogen-bond acceptors (Lipinski definition) is 4. The van der Waals surface area contributed by atoms with Crippen LogP contribution in [0, 0.1) is 11.3 Å². The molecule has 90 valence electrons. The number of nitriles is 1. The van der Waals surface area contributed by atoms with E-state index in [0.717, 1.165) is 17.1 Å². The van der Waals surface area contributed by atoms with Gasteiger partial charge in [0.25, 0.3) is 0 Å². The number of ether oxygens (including phenoxy) is 1. The zero-order chi connectivity index (χ0) is 12.8. The Bertz CT molecular complexity index is 558. The van der Waals surface area contributed by atoms with Gasteiger partial charge in [-0.05, 0) is 43.3 Å². The van der Waals surface area contributed by atoms with E-state index in [1.807, 2.05) is 43.3 Å². The van der Waals surface area contributed by atoms with Gasteiger partial charge in [0.1, 0.15) is 17.5 Å². The number of benzene rings is 1. The van der Waals surface area contributed by atoms with Crippen molar-refractivity contribution < 1.29 is 4.74 Å². The van der Waals surface area contributed by atoms with Crippen LogP contribution in [0.5, 0.6) is 5.75 Å². The van der Waals surface area contributed by atoms with E-state index in [1.165, 1.54) is 0 Å². The molecule has 0 radical (unpaired) electrons. The summed E-state index contributed by atoms with van der Waals surface area (Å²) in [7, 11) is 0. The maximum absolute atomic E-state index is 8.77. The number of nitrogens with one attached hydrogen (secondary N) is 1. The Hall–Kier alpha value is -2.54. The molecule has 1 N–H and O–H groups in total. The summed E-state index contributed by atoms with van der Waals surface area (Å²) in [4.78, 5) is 3.92. The third kappa shape index (κ3) is 2.98. The van der Waals surface area contributed by atoms with E-state index >= 15 is 0 Å². The molecule has 0 saturated carbocycles. The standard InChI is InChI=1S/C14H13N3O/c1-2-18-14-5-3-11(4-6-14)17-12-7-8-16-13(9-12)10-15/h3-9H,2H2,1H3,(H,16,17). The molecule has 0 bridgehead atoms. The predicted octanol–water partition coefficient (Wildman–Crippen LogP) is 3.10. The highest BCUT2D eigenvalue weighted by Gasteiger charge is 1.98. The Morgan fingerprint density at radius 3 is 2.67 bits per heavy atom. The lowest BCUT2D eigenvalue weighted by molar-refractivity contribution is 0.340. The Balaban J connectivity index is 2.11. The smallest absolute Gasteiger partial charge is 0.142 e. The number of hydrogen-bond donors (Lipinski definition) is 1. The largest absolute Gasteiger partial charge is 0.494 e. The van der Waals surface area contributed by atoms with Crippen molar-refractivity contribution in [3.63, 3.8) is 0 Å². The van der Waals surface area contributed by atoms with Gasteiger partial charge in [0.05, 0.1) is 6.61 Å². The number of anilines is 2. The fourth-order valence-electron chi connectivity index (χ4n) is 1.54. The van der Waals surface area contributed by atoms with Crippen LogP contribution >= 0.6 is 0 Å². The number of nitrogens with zero attached hydrogens (tertiary/aromatic N) is 2. The fraction of sp³-hybridized carbons (Fsp3) is 0.143. The van der Waals surface area contributed by atoms with Crippen molar-refractivity contribution in [1.82, 2.24) is 4.98 Å². The predicted molar refractivity (Wildman–Crippen MR) is 69.8 cm³/mol. The summed E-state index contributed by atoms with van der Waals surface area (Å²) in [6.45, 7) is 2.61. The first-order valence-electron chi connectivity index (χ1n) is 5.68. The van der Waals surface area contributed by atoms with Crippen molar-refractivity contribution in [1.29, 1.82) is 5.26 Å². The topological polar surface area (TPSA) is 57.9 Å². The molecule has 0 aliphatic heterocycles. The van der Waals surface area contributed by atoms with E-state index in [2.05, 4.69) is 10.3 Å². The maximum atomic E-state index is 8.77. The Morgan fingerprint density at radius 1 is 1.22 bits per heavy atom. The molecule has 0 fully saturated rings. The highest BCUT2D eigenvalue weighted by molar-refractivity contribution is 5.60. The first-order valence-corrected chi connectivity index (χ1v) is 5.68. The van der Waals surface area contributed by atoms with Crippen LogP contribution < -0.4 is 10.1 Å². The summed E-state index contributed by atoms with van der Waals surface area (Å²) in [5, 5.41) is 12.0. The Morgan fingerprint density at radius 2 is 2.00 bits per heavy atom. The third-order valence-corrected chi connectivity index (χ3v) is 2.33. The van der Waals surface area contributed by atoms with Gasteiger partial charge in [0.2, 0.25) is 0 Å². The second-order valence-electron chi connectivity index (χ2n) is 3.62. The van der Waals surface area contributed by atoms with E-state index in [9.17, 15) is 0 Å². The number of aromatic nitrogens is 1. The normalized spacial score (nSPS) is 9.56. The molecule has 2 rings (SSSR count). The van der Waals surface area contributed by atoms with Crippen molar-refractivity contribution in [3.8, 4) is 11.8 Å². The molecule has 18 heavy (non-hydrogen) atoms. The summed E-state index contributed by atoms with van der Waals surface area (Å²) >= 11 is 0. The zero-order valence-corrected chi connectivity index (χ0v) is 10.1. The van der Waals surface area contributed by atoms with Crippen LogP contribution in [0.25, 0.3) is 0 Å². The summed E-state index contributed by atoms with van der Waals surface area (Å²) in [5.74, 6) is 0.843. The molecule has 0 atom stereocenters. The maximum Gasteiger partial charge on any atom is 0.142 e. The minimum atomic E-state index is 0.394. The zero-order valence-electron chi connectivity index (χ0n) is 10.1. The van der Waals surface area contributed by atoms with Gasteiger partial charge in [-0.1, -0.05) is 0 Å². The number of rotatable bonds is 4. The van der Waals surface area contributed by atoms with Crippen LogP contribution in [-0.4, -0.2) is 11.6 Å². The summed E-state index contributed by atoms with van der Waals surface area (Å²) in [6, 6.07) is 13.2. The van der Waals surface area contributed by atoms with Gasteiger partial charge in [-0.3, -0.25) is 0 Å². The first-order chi connectivity index (χ1) is 8.81. The Labute approximate surface area is 106 Å². The van der Waals surface area contributed by atoms with Crippen LogP contribution in [-0.2, 0) is 0 Å². The molecule has 1 aromatic carbocycles. The fourth-order valence-corrected chi connectivity index (χ4v) is 1.54. The summed E-state index contributed by atoms with van der Waals surface area (Å²) < 4.78 is 5.37. The molecular formula is C14H13N3O. The van der Waals surface area contributed by atoms with Crippen LogP contribution in [0.15, 0.2) is 42.6 Å². The minimum Gasteiger partial charge on any atom is -0.494 e. The van der Waals surface area contributed by atoms with Crippen LogP contribution in [0.1, 0.15) is 12.6 Å². The molecule has 0 aliphatic rings. The molecule has 0 unspecified atom stereocenters. The van der Waals surface area contributed by atoms with Crippen molar-refractivity contribution >= 4 is 11.4 Å². The molecular weight excluding hydrogens is 226 g/mol. The molecule has 2 aromatic rings. The highest BCUT2D eigenvalue weighted by Crippen LogP contribution is 2.20. The number of pyridine rings is 1. The first kappa shape index (κ1) is 11.9. The quantitative estimate of drug-likeness (QED) is 0.890. The van der Waals surface area contributed by atoms with Crippen LogP contribution in [0.4, 0.5) is 11.4 Å². The highest BCUT2D eigenvalue weighted by atomic mass is 16.5. The van der Waals surface area contributed by atoms with Gasteiger partial charge in [-0.25, -0.2) is 4.98 Å². The molecule has 4 heteroatoms. The van der Waals surface area contributed by atoms with E-state index in [4.69, 9.17) is 10.00 Å². The molecule has 0 saturated heterocycles. The second-order valence-corrected chi connectivity index (χ2v) is 3.62. The average Bonchev–Trinajstić information content (AvgIpc) is 2.42. The average molecular weight is 239 g/mol. The van der Waals surface area contributed by atoms with E-state index in [0.29, 0.717) is 12.3 Å². The molecule has 0 amide bonds. The molecule has 1 heterocycles. The van der Waals surface area contributed by atoms with Crippen LogP contribution in [0.3, 0.4) is 0 Å². The van der Waals surface area contributed by atoms with Gasteiger partial charge in [0, 0.05) is 17.6 Å². The van der Waals surface area contributed by atoms with Crippen molar-refractivity contribution in [2.45, 2.75) is 6.92 Å². The monoisotopic (exact) mass is 239 g/mol. The van der Waals surface area contributed by atoms with Gasteiger partial charge < -0.3 is 10.1 Å². The van der Waals surface area contributed by atoms with E-state index in [1.54, 1.807) is 12.3 Å². The van der Waals surface area contributed by atoms with Gasteiger partial charge in [-0.15, -0.1) is 0 Å². The van der Waals surface area contributed by atoms with E-state index < -0.39 is 0 Å². The Kier molecular flexibility index (Phi) is 3.77. The summed E-state index contributed by atoms with van der Waals surface area (Å²) in [5.41, 5.74) is 2.17. The van der Waals surface area contributed by atoms with Gasteiger partial charge >= 0.3 is 0 Å².